The molecular formula is C28H31NOS. The summed E-state index contributed by atoms with van der Waals surface area (Å²) < 4.78 is 0. The second-order valence-corrected chi connectivity index (χ2v) is 10.0. The number of allylic oxidation sites excluding steroid dienone is 2. The van der Waals surface area contributed by atoms with Gasteiger partial charge >= 0.3 is 0 Å². The van der Waals surface area contributed by atoms with E-state index in [4.69, 9.17) is 12.2 Å². The first-order valence-electron chi connectivity index (χ1n) is 11.3. The third-order valence-corrected chi connectivity index (χ3v) is 6.83. The van der Waals surface area contributed by atoms with Gasteiger partial charge in [0, 0.05) is 22.3 Å². The summed E-state index contributed by atoms with van der Waals surface area (Å²) in [5, 5.41) is 3.87. The molecule has 2 aromatic rings. The van der Waals surface area contributed by atoms with Crippen LogP contribution in [0.3, 0.4) is 0 Å². The Bertz CT molecular complexity index is 1100. The Morgan fingerprint density at radius 1 is 1.03 bits per heavy atom. The molecule has 0 aliphatic heterocycles. The van der Waals surface area contributed by atoms with Crippen LogP contribution in [0.25, 0.3) is 0 Å². The van der Waals surface area contributed by atoms with Crippen LogP contribution in [0.1, 0.15) is 79.6 Å². The van der Waals surface area contributed by atoms with Gasteiger partial charge in [-0.1, -0.05) is 107 Å². The van der Waals surface area contributed by atoms with Gasteiger partial charge in [0.25, 0.3) is 0 Å². The third-order valence-electron chi connectivity index (χ3n) is 6.41. The SMILES string of the molecule is CCCCNC1(c2cccc3c2C(=S)c2ccccc2C3=O)C=C(C(C)(C)C)C=CC1. The lowest BCUT2D eigenvalue weighted by molar-refractivity contribution is 0.103. The van der Waals surface area contributed by atoms with Crippen molar-refractivity contribution in [1.29, 1.82) is 0 Å². The first-order chi connectivity index (χ1) is 14.8. The van der Waals surface area contributed by atoms with E-state index in [-0.39, 0.29) is 16.7 Å². The summed E-state index contributed by atoms with van der Waals surface area (Å²) >= 11 is 5.99. The van der Waals surface area contributed by atoms with Gasteiger partial charge in [-0.05, 0) is 35.9 Å². The number of unbranched alkanes of at least 4 members (excludes halogenated alkanes) is 1. The Balaban J connectivity index is 1.92. The highest BCUT2D eigenvalue weighted by Gasteiger charge is 2.38. The van der Waals surface area contributed by atoms with Gasteiger partial charge in [0.2, 0.25) is 0 Å². The van der Waals surface area contributed by atoms with Gasteiger partial charge in [-0.15, -0.1) is 0 Å². The number of rotatable bonds is 5. The maximum atomic E-state index is 13.4. The van der Waals surface area contributed by atoms with Crippen LogP contribution >= 0.6 is 12.2 Å². The van der Waals surface area contributed by atoms with Crippen molar-refractivity contribution in [2.75, 3.05) is 6.54 Å². The van der Waals surface area contributed by atoms with E-state index in [1.165, 1.54) is 5.57 Å². The predicted octanol–water partition coefficient (Wildman–Crippen LogP) is 6.51. The number of carbonyl (C=O) groups excluding carboxylic acids is 1. The molecule has 2 nitrogen and oxygen atoms in total. The first kappa shape index (κ1) is 21.9. The highest BCUT2D eigenvalue weighted by molar-refractivity contribution is 7.81. The van der Waals surface area contributed by atoms with Crippen molar-refractivity contribution in [2.45, 2.75) is 52.5 Å². The lowest BCUT2D eigenvalue weighted by Crippen LogP contribution is -2.44. The van der Waals surface area contributed by atoms with Gasteiger partial charge in [0.05, 0.1) is 10.4 Å². The number of benzene rings is 2. The molecule has 0 fully saturated rings. The van der Waals surface area contributed by atoms with Gasteiger partial charge in [0.1, 0.15) is 0 Å². The predicted molar refractivity (Wildman–Crippen MR) is 133 cm³/mol. The third kappa shape index (κ3) is 3.86. The molecule has 0 amide bonds. The minimum atomic E-state index is -0.380. The number of thiocarbonyl (C=S) groups is 1. The van der Waals surface area contributed by atoms with Gasteiger partial charge in [-0.3, -0.25) is 4.79 Å². The van der Waals surface area contributed by atoms with E-state index in [0.717, 1.165) is 52.9 Å². The number of ketones is 1. The summed E-state index contributed by atoms with van der Waals surface area (Å²) in [6, 6.07) is 13.8. The highest BCUT2D eigenvalue weighted by Crippen LogP contribution is 2.42. The molecule has 160 valence electrons. The summed E-state index contributed by atoms with van der Waals surface area (Å²) in [5.74, 6) is 0.0659. The summed E-state index contributed by atoms with van der Waals surface area (Å²) in [5.41, 5.74) is 5.29. The topological polar surface area (TPSA) is 29.1 Å². The van der Waals surface area contributed by atoms with Crippen LogP contribution in [0.2, 0.25) is 0 Å². The van der Waals surface area contributed by atoms with Crippen molar-refractivity contribution in [3.05, 3.63) is 94.1 Å². The van der Waals surface area contributed by atoms with Crippen LogP contribution in [-0.2, 0) is 5.54 Å². The molecule has 2 aliphatic carbocycles. The largest absolute Gasteiger partial charge is 0.304 e. The van der Waals surface area contributed by atoms with E-state index in [1.807, 2.05) is 36.4 Å². The molecule has 0 saturated carbocycles. The molecule has 0 aromatic heterocycles. The van der Waals surface area contributed by atoms with E-state index in [9.17, 15) is 4.79 Å². The van der Waals surface area contributed by atoms with Gasteiger partial charge < -0.3 is 5.32 Å². The van der Waals surface area contributed by atoms with E-state index >= 15 is 0 Å². The van der Waals surface area contributed by atoms with Crippen molar-refractivity contribution >= 4 is 22.9 Å². The molecule has 1 unspecified atom stereocenters. The Morgan fingerprint density at radius 3 is 2.45 bits per heavy atom. The van der Waals surface area contributed by atoms with Crippen molar-refractivity contribution in [3.63, 3.8) is 0 Å². The standard InChI is InChI=1S/C28H31NOS/c1-5-6-17-29-28(16-10-11-19(18-28)27(2,3)4)23-15-9-14-22-24(23)26(31)21-13-8-7-12-20(21)25(22)30/h7-15,18,29H,5-6,16-17H2,1-4H3. The number of carbonyl (C=O) groups is 1. The Labute approximate surface area is 191 Å². The molecule has 2 aliphatic rings. The van der Waals surface area contributed by atoms with Crippen LogP contribution in [0.5, 0.6) is 0 Å². The van der Waals surface area contributed by atoms with Gasteiger partial charge in [-0.2, -0.15) is 0 Å². The monoisotopic (exact) mass is 429 g/mol. The zero-order chi connectivity index (χ0) is 22.2. The molecule has 0 spiro atoms. The fourth-order valence-corrected chi connectivity index (χ4v) is 5.02. The second-order valence-electron chi connectivity index (χ2n) is 9.64. The van der Waals surface area contributed by atoms with Crippen molar-refractivity contribution in [2.24, 2.45) is 5.41 Å². The van der Waals surface area contributed by atoms with E-state index < -0.39 is 0 Å². The molecule has 0 heterocycles. The maximum absolute atomic E-state index is 13.4. The van der Waals surface area contributed by atoms with E-state index in [0.29, 0.717) is 5.56 Å². The number of hydrogen-bond donors (Lipinski definition) is 1. The van der Waals surface area contributed by atoms with Crippen LogP contribution in [-0.4, -0.2) is 17.2 Å². The molecule has 0 bridgehead atoms. The fourth-order valence-electron chi connectivity index (χ4n) is 4.62. The molecule has 3 heteroatoms. The molecule has 0 saturated heterocycles. The average Bonchev–Trinajstić information content (AvgIpc) is 2.77. The summed E-state index contributed by atoms with van der Waals surface area (Å²) in [4.78, 5) is 14.1. The van der Waals surface area contributed by atoms with Crippen LogP contribution in [0, 0.1) is 5.41 Å². The Hall–Kier alpha value is -2.36. The van der Waals surface area contributed by atoms with Crippen LogP contribution in [0.15, 0.2) is 66.3 Å². The first-order valence-corrected chi connectivity index (χ1v) is 11.7. The summed E-state index contributed by atoms with van der Waals surface area (Å²) in [6.07, 6.45) is 9.96. The number of hydrogen-bond acceptors (Lipinski definition) is 3. The normalized spacial score (nSPS) is 20.3. The van der Waals surface area contributed by atoms with E-state index in [1.54, 1.807) is 0 Å². The molecule has 1 atom stereocenters. The lowest BCUT2D eigenvalue weighted by Gasteiger charge is -2.39. The van der Waals surface area contributed by atoms with E-state index in [2.05, 4.69) is 57.3 Å². The molecule has 31 heavy (non-hydrogen) atoms. The smallest absolute Gasteiger partial charge is 0.194 e. The zero-order valence-corrected chi connectivity index (χ0v) is 19.7. The number of fused-ring (bicyclic) bond motifs is 2. The Morgan fingerprint density at radius 2 is 1.74 bits per heavy atom. The average molecular weight is 430 g/mol. The van der Waals surface area contributed by atoms with Crippen molar-refractivity contribution in [1.82, 2.24) is 5.32 Å². The quantitative estimate of drug-likeness (QED) is 0.370. The molecular weight excluding hydrogens is 398 g/mol. The lowest BCUT2D eigenvalue weighted by atomic mass is 9.71. The van der Waals surface area contributed by atoms with Crippen LogP contribution in [0.4, 0.5) is 0 Å². The zero-order valence-electron chi connectivity index (χ0n) is 18.9. The fraction of sp³-hybridized carbons (Fsp3) is 0.357. The number of nitrogens with one attached hydrogen (secondary N) is 1. The van der Waals surface area contributed by atoms with Gasteiger partial charge in [0.15, 0.2) is 5.78 Å². The maximum Gasteiger partial charge on any atom is 0.194 e. The molecule has 4 rings (SSSR count). The Kier molecular flexibility index (Phi) is 5.85. The summed E-state index contributed by atoms with van der Waals surface area (Å²) in [6.45, 7) is 9.86. The highest BCUT2D eigenvalue weighted by atomic mass is 32.1. The van der Waals surface area contributed by atoms with Crippen LogP contribution < -0.4 is 5.32 Å². The molecule has 1 N–H and O–H groups in total. The van der Waals surface area contributed by atoms with Crippen molar-refractivity contribution < 1.29 is 4.79 Å². The minimum absolute atomic E-state index is 0.0341. The summed E-state index contributed by atoms with van der Waals surface area (Å²) in [7, 11) is 0. The molecule has 2 aromatic carbocycles. The minimum Gasteiger partial charge on any atom is -0.304 e. The second kappa shape index (κ2) is 8.29. The van der Waals surface area contributed by atoms with Gasteiger partial charge in [-0.25, -0.2) is 0 Å². The van der Waals surface area contributed by atoms with Crippen molar-refractivity contribution in [3.8, 4) is 0 Å². The molecule has 0 radical (unpaired) electrons.